The first-order valence-electron chi connectivity index (χ1n) is 7.33. The number of benzene rings is 2. The summed E-state index contributed by atoms with van der Waals surface area (Å²) in [5.41, 5.74) is 1.06. The molecule has 0 saturated heterocycles. The number of rotatable bonds is 6. The van der Waals surface area contributed by atoms with Crippen LogP contribution in [0.25, 0.3) is 0 Å². The predicted molar refractivity (Wildman–Crippen MR) is 89.7 cm³/mol. The van der Waals surface area contributed by atoms with Crippen LogP contribution in [-0.2, 0) is 0 Å². The van der Waals surface area contributed by atoms with E-state index in [1.807, 2.05) is 32.0 Å². The second-order valence-electron chi connectivity index (χ2n) is 5.22. The Kier molecular flexibility index (Phi) is 5.46. The van der Waals surface area contributed by atoms with Crippen molar-refractivity contribution in [3.63, 3.8) is 0 Å². The topological polar surface area (TPSA) is 56.8 Å². The van der Waals surface area contributed by atoms with Crippen LogP contribution in [0, 0.1) is 0 Å². The van der Waals surface area contributed by atoms with E-state index in [1.54, 1.807) is 38.5 Å². The highest BCUT2D eigenvalue weighted by molar-refractivity contribution is 6.05. The Bertz CT molecular complexity index is 660. The molecule has 2 aromatic carbocycles. The zero-order valence-electron chi connectivity index (χ0n) is 13.8. The van der Waals surface area contributed by atoms with Crippen molar-refractivity contribution in [2.75, 3.05) is 19.5 Å². The van der Waals surface area contributed by atoms with E-state index < -0.39 is 0 Å². The van der Waals surface area contributed by atoms with Gasteiger partial charge < -0.3 is 19.5 Å². The number of amides is 1. The van der Waals surface area contributed by atoms with Gasteiger partial charge in [0, 0.05) is 11.6 Å². The Morgan fingerprint density at radius 2 is 1.61 bits per heavy atom. The first-order chi connectivity index (χ1) is 11.0. The molecule has 0 aliphatic heterocycles. The number of hydrogen-bond acceptors (Lipinski definition) is 4. The van der Waals surface area contributed by atoms with Crippen LogP contribution in [0.3, 0.4) is 0 Å². The number of nitrogens with one attached hydrogen (secondary N) is 1. The summed E-state index contributed by atoms with van der Waals surface area (Å²) in [7, 11) is 3.09. The van der Waals surface area contributed by atoms with Gasteiger partial charge in [0.15, 0.2) is 0 Å². The van der Waals surface area contributed by atoms with E-state index in [0.717, 1.165) is 0 Å². The number of carbonyl (C=O) groups excluding carboxylic acids is 1. The van der Waals surface area contributed by atoms with Gasteiger partial charge in [0.2, 0.25) is 0 Å². The van der Waals surface area contributed by atoms with E-state index in [-0.39, 0.29) is 12.0 Å². The van der Waals surface area contributed by atoms with Crippen LogP contribution in [0.1, 0.15) is 24.2 Å². The number of ether oxygens (including phenoxy) is 3. The fourth-order valence-corrected chi connectivity index (χ4v) is 2.06. The molecule has 1 amide bonds. The summed E-state index contributed by atoms with van der Waals surface area (Å²) in [6.07, 6.45) is 0.0185. The van der Waals surface area contributed by atoms with E-state index in [9.17, 15) is 4.79 Å². The Labute approximate surface area is 136 Å². The molecule has 2 aromatic rings. The normalized spacial score (nSPS) is 10.3. The minimum absolute atomic E-state index is 0.0185. The number of methoxy groups -OCH3 is 2. The minimum Gasteiger partial charge on any atom is -0.497 e. The summed E-state index contributed by atoms with van der Waals surface area (Å²) in [5, 5.41) is 2.86. The van der Waals surface area contributed by atoms with Gasteiger partial charge in [0.25, 0.3) is 5.91 Å². The highest BCUT2D eigenvalue weighted by atomic mass is 16.5. The average Bonchev–Trinajstić information content (AvgIpc) is 2.55. The van der Waals surface area contributed by atoms with Crippen molar-refractivity contribution in [1.29, 1.82) is 0 Å². The quantitative estimate of drug-likeness (QED) is 0.882. The Morgan fingerprint density at radius 3 is 2.17 bits per heavy atom. The number of carbonyl (C=O) groups is 1. The van der Waals surface area contributed by atoms with E-state index >= 15 is 0 Å². The van der Waals surface area contributed by atoms with Crippen LogP contribution < -0.4 is 19.5 Å². The zero-order chi connectivity index (χ0) is 16.8. The smallest absolute Gasteiger partial charge is 0.256 e. The highest BCUT2D eigenvalue weighted by Crippen LogP contribution is 2.27. The van der Waals surface area contributed by atoms with Crippen molar-refractivity contribution in [2.24, 2.45) is 0 Å². The Balaban J connectivity index is 2.26. The van der Waals surface area contributed by atoms with Gasteiger partial charge in [-0.05, 0) is 38.1 Å². The number of para-hydroxylation sites is 2. The molecule has 5 nitrogen and oxygen atoms in total. The Morgan fingerprint density at radius 1 is 1.00 bits per heavy atom. The van der Waals surface area contributed by atoms with Crippen LogP contribution in [0.15, 0.2) is 42.5 Å². The summed E-state index contributed by atoms with van der Waals surface area (Å²) in [6, 6.07) is 12.4. The third kappa shape index (κ3) is 4.39. The van der Waals surface area contributed by atoms with E-state index in [0.29, 0.717) is 28.5 Å². The fraction of sp³-hybridized carbons (Fsp3) is 0.278. The predicted octanol–water partition coefficient (Wildman–Crippen LogP) is 3.74. The molecule has 0 atom stereocenters. The summed E-state index contributed by atoms with van der Waals surface area (Å²) in [6.45, 7) is 3.87. The highest BCUT2D eigenvalue weighted by Gasteiger charge is 2.13. The zero-order valence-corrected chi connectivity index (χ0v) is 13.8. The maximum atomic E-state index is 12.5. The fourth-order valence-electron chi connectivity index (χ4n) is 2.06. The van der Waals surface area contributed by atoms with Crippen molar-refractivity contribution < 1.29 is 19.0 Å². The van der Waals surface area contributed by atoms with Crippen LogP contribution >= 0.6 is 0 Å². The third-order valence-electron chi connectivity index (χ3n) is 3.11. The van der Waals surface area contributed by atoms with Gasteiger partial charge in [0.05, 0.1) is 26.0 Å². The van der Waals surface area contributed by atoms with Crippen molar-refractivity contribution >= 4 is 11.6 Å². The minimum atomic E-state index is -0.262. The lowest BCUT2D eigenvalue weighted by Gasteiger charge is -2.15. The van der Waals surface area contributed by atoms with Crippen molar-refractivity contribution in [2.45, 2.75) is 20.0 Å². The monoisotopic (exact) mass is 315 g/mol. The molecular formula is C18H21NO4. The molecule has 0 unspecified atom stereocenters. The van der Waals surface area contributed by atoms with Crippen molar-refractivity contribution in [1.82, 2.24) is 0 Å². The lowest BCUT2D eigenvalue weighted by Crippen LogP contribution is -2.14. The summed E-state index contributed by atoms with van der Waals surface area (Å²) >= 11 is 0. The first kappa shape index (κ1) is 16.7. The SMILES string of the molecule is COc1cc(OC)cc(C(=O)Nc2ccccc2OC(C)C)c1. The Hall–Kier alpha value is -2.69. The molecule has 0 aliphatic rings. The summed E-state index contributed by atoms with van der Waals surface area (Å²) in [5.74, 6) is 1.48. The maximum Gasteiger partial charge on any atom is 0.256 e. The molecule has 0 heterocycles. The molecule has 2 rings (SSSR count). The summed E-state index contributed by atoms with van der Waals surface area (Å²) < 4.78 is 16.1. The molecule has 0 fully saturated rings. The third-order valence-corrected chi connectivity index (χ3v) is 3.11. The molecule has 0 aromatic heterocycles. The summed E-state index contributed by atoms with van der Waals surface area (Å²) in [4.78, 5) is 12.5. The van der Waals surface area contributed by atoms with E-state index in [4.69, 9.17) is 14.2 Å². The molecule has 0 spiro atoms. The van der Waals surface area contributed by atoms with Gasteiger partial charge >= 0.3 is 0 Å². The van der Waals surface area contributed by atoms with E-state index in [1.165, 1.54) is 0 Å². The molecule has 122 valence electrons. The molecule has 0 aliphatic carbocycles. The van der Waals surface area contributed by atoms with Gasteiger partial charge in [-0.25, -0.2) is 0 Å². The van der Waals surface area contributed by atoms with Crippen LogP contribution in [0.4, 0.5) is 5.69 Å². The standard InChI is InChI=1S/C18H21NO4/c1-12(2)23-17-8-6-5-7-16(17)19-18(20)13-9-14(21-3)11-15(10-13)22-4/h5-12H,1-4H3,(H,19,20). The molecular weight excluding hydrogens is 294 g/mol. The second-order valence-corrected chi connectivity index (χ2v) is 5.22. The average molecular weight is 315 g/mol. The van der Waals surface area contributed by atoms with Crippen molar-refractivity contribution in [3.8, 4) is 17.2 Å². The van der Waals surface area contributed by atoms with Gasteiger partial charge in [-0.2, -0.15) is 0 Å². The lowest BCUT2D eigenvalue weighted by molar-refractivity contribution is 0.102. The first-order valence-corrected chi connectivity index (χ1v) is 7.33. The number of anilines is 1. The lowest BCUT2D eigenvalue weighted by atomic mass is 10.1. The molecule has 1 N–H and O–H groups in total. The number of hydrogen-bond donors (Lipinski definition) is 1. The molecule has 0 saturated carbocycles. The van der Waals surface area contributed by atoms with Gasteiger partial charge in [0.1, 0.15) is 17.2 Å². The molecule has 23 heavy (non-hydrogen) atoms. The largest absolute Gasteiger partial charge is 0.497 e. The van der Waals surface area contributed by atoms with Crippen LogP contribution in [-0.4, -0.2) is 26.2 Å². The molecule has 5 heteroatoms. The van der Waals surface area contributed by atoms with Crippen LogP contribution in [0.2, 0.25) is 0 Å². The van der Waals surface area contributed by atoms with Gasteiger partial charge in [-0.3, -0.25) is 4.79 Å². The molecule has 0 bridgehead atoms. The van der Waals surface area contributed by atoms with Gasteiger partial charge in [-0.1, -0.05) is 12.1 Å². The maximum absolute atomic E-state index is 12.5. The van der Waals surface area contributed by atoms with E-state index in [2.05, 4.69) is 5.32 Å². The van der Waals surface area contributed by atoms with Crippen LogP contribution in [0.5, 0.6) is 17.2 Å². The molecule has 0 radical (unpaired) electrons. The van der Waals surface area contributed by atoms with Gasteiger partial charge in [-0.15, -0.1) is 0 Å². The van der Waals surface area contributed by atoms with Crippen molar-refractivity contribution in [3.05, 3.63) is 48.0 Å². The second kappa shape index (κ2) is 7.54.